The van der Waals surface area contributed by atoms with Gasteiger partial charge in [0.25, 0.3) is 5.91 Å². The van der Waals surface area contributed by atoms with E-state index in [9.17, 15) is 9.59 Å². The van der Waals surface area contributed by atoms with Crippen molar-refractivity contribution in [2.45, 2.75) is 6.92 Å². The maximum Gasteiger partial charge on any atom is 0.349 e. The largest absolute Gasteiger partial charge is 0.421 e. The van der Waals surface area contributed by atoms with Crippen molar-refractivity contribution in [2.24, 2.45) is 0 Å². The molecule has 0 atom stereocenters. The van der Waals surface area contributed by atoms with Crippen molar-refractivity contribution in [3.05, 3.63) is 73.0 Å². The van der Waals surface area contributed by atoms with Gasteiger partial charge in [-0.1, -0.05) is 40.9 Å². The Kier molecular flexibility index (Phi) is 4.54. The van der Waals surface area contributed by atoms with Crippen molar-refractivity contribution in [1.29, 1.82) is 0 Å². The Bertz CT molecular complexity index is 1030. The summed E-state index contributed by atoms with van der Waals surface area (Å²) < 4.78 is 5.15. The van der Waals surface area contributed by atoms with Crippen molar-refractivity contribution >= 4 is 57.4 Å². The van der Waals surface area contributed by atoms with Gasteiger partial charge in [0.2, 0.25) is 0 Å². The third-order valence-corrected chi connectivity index (χ3v) is 4.33. The van der Waals surface area contributed by atoms with E-state index in [-0.39, 0.29) is 16.2 Å². The molecular weight excluding hydrogens is 373 g/mol. The molecule has 3 rings (SSSR count). The second kappa shape index (κ2) is 6.48. The molecule has 1 heterocycles. The fourth-order valence-electron chi connectivity index (χ4n) is 2.18. The number of nitrogens with one attached hydrogen (secondary N) is 1. The fourth-order valence-corrected chi connectivity index (χ4v) is 2.91. The van der Waals surface area contributed by atoms with Crippen LogP contribution >= 0.6 is 34.8 Å². The highest BCUT2D eigenvalue weighted by Gasteiger charge is 2.16. The Morgan fingerprint density at radius 1 is 1.04 bits per heavy atom. The first-order valence-corrected chi connectivity index (χ1v) is 7.99. The van der Waals surface area contributed by atoms with E-state index in [1.807, 2.05) is 6.92 Å². The van der Waals surface area contributed by atoms with Gasteiger partial charge in [-0.15, -0.1) is 0 Å². The minimum absolute atomic E-state index is 0.155. The Labute approximate surface area is 151 Å². The van der Waals surface area contributed by atoms with Crippen LogP contribution in [0.15, 0.2) is 45.6 Å². The third-order valence-electron chi connectivity index (χ3n) is 3.43. The summed E-state index contributed by atoms with van der Waals surface area (Å²) in [6.45, 7) is 1.85. The predicted molar refractivity (Wildman–Crippen MR) is 96.6 cm³/mol. The lowest BCUT2D eigenvalue weighted by molar-refractivity contribution is 0.102. The number of fused-ring (bicyclic) bond motifs is 1. The van der Waals surface area contributed by atoms with Crippen LogP contribution in [0, 0.1) is 6.92 Å². The van der Waals surface area contributed by atoms with Crippen molar-refractivity contribution in [3.63, 3.8) is 0 Å². The summed E-state index contributed by atoms with van der Waals surface area (Å²) >= 11 is 18.0. The van der Waals surface area contributed by atoms with E-state index in [4.69, 9.17) is 39.2 Å². The molecule has 24 heavy (non-hydrogen) atoms. The molecule has 0 saturated heterocycles. The molecule has 1 aromatic heterocycles. The minimum Gasteiger partial charge on any atom is -0.421 e. The molecular formula is C17H10Cl3NO3. The summed E-state index contributed by atoms with van der Waals surface area (Å²) in [4.78, 5) is 24.4. The van der Waals surface area contributed by atoms with Gasteiger partial charge in [-0.2, -0.15) is 0 Å². The van der Waals surface area contributed by atoms with Gasteiger partial charge in [-0.3, -0.25) is 4.79 Å². The normalized spacial score (nSPS) is 10.8. The lowest BCUT2D eigenvalue weighted by Gasteiger charge is -2.07. The van der Waals surface area contributed by atoms with Crippen LogP contribution in [0.4, 0.5) is 5.69 Å². The molecule has 0 unspecified atom stereocenters. The van der Waals surface area contributed by atoms with Gasteiger partial charge in [0.1, 0.15) is 5.56 Å². The first-order valence-electron chi connectivity index (χ1n) is 6.85. The Balaban J connectivity index is 2.01. The number of hydrogen-bond donors (Lipinski definition) is 1. The number of anilines is 1. The second-order valence-electron chi connectivity index (χ2n) is 5.17. The van der Waals surface area contributed by atoms with Crippen molar-refractivity contribution in [2.75, 3.05) is 5.32 Å². The number of aryl methyl sites for hydroxylation is 1. The van der Waals surface area contributed by atoms with Crippen LogP contribution < -0.4 is 10.9 Å². The van der Waals surface area contributed by atoms with Crippen molar-refractivity contribution in [1.82, 2.24) is 0 Å². The molecule has 0 saturated carbocycles. The predicted octanol–water partition coefficient (Wildman–Crippen LogP) is 5.31. The standard InChI is InChI=1S/C17H10Cl3NO3/c1-8-2-3-11(7-13(8)19)21-16(22)12-5-9-4-10(18)6-14(20)15(9)24-17(12)23/h2-7H,1H3,(H,21,22). The van der Waals surface area contributed by atoms with Crippen LogP contribution in [0.5, 0.6) is 0 Å². The molecule has 3 aromatic rings. The molecule has 0 bridgehead atoms. The molecule has 2 aromatic carbocycles. The summed E-state index contributed by atoms with van der Waals surface area (Å²) in [6, 6.07) is 9.47. The molecule has 0 aliphatic carbocycles. The summed E-state index contributed by atoms with van der Waals surface area (Å²) in [5, 5.41) is 4.15. The van der Waals surface area contributed by atoms with E-state index in [0.29, 0.717) is 21.1 Å². The molecule has 4 nitrogen and oxygen atoms in total. The number of halogens is 3. The van der Waals surface area contributed by atoms with E-state index in [1.54, 1.807) is 24.3 Å². The summed E-state index contributed by atoms with van der Waals surface area (Å²) in [6.07, 6.45) is 0. The third kappa shape index (κ3) is 3.26. The van der Waals surface area contributed by atoms with Gasteiger partial charge in [0.05, 0.1) is 5.02 Å². The summed E-state index contributed by atoms with van der Waals surface area (Å²) in [5.41, 5.74) is 0.587. The number of carbonyl (C=O) groups is 1. The van der Waals surface area contributed by atoms with Crippen LogP contribution in [0.2, 0.25) is 15.1 Å². The molecule has 0 spiro atoms. The lowest BCUT2D eigenvalue weighted by Crippen LogP contribution is -2.20. The second-order valence-corrected chi connectivity index (χ2v) is 6.42. The first-order chi connectivity index (χ1) is 11.3. The monoisotopic (exact) mass is 381 g/mol. The smallest absolute Gasteiger partial charge is 0.349 e. The quantitative estimate of drug-likeness (QED) is 0.611. The van der Waals surface area contributed by atoms with Crippen LogP contribution in [0.1, 0.15) is 15.9 Å². The molecule has 0 fully saturated rings. The van der Waals surface area contributed by atoms with Gasteiger partial charge < -0.3 is 9.73 Å². The fraction of sp³-hybridized carbons (Fsp3) is 0.0588. The Morgan fingerprint density at radius 3 is 2.50 bits per heavy atom. The molecule has 7 heteroatoms. The maximum atomic E-state index is 12.4. The topological polar surface area (TPSA) is 59.3 Å². The molecule has 0 aliphatic heterocycles. The van der Waals surface area contributed by atoms with Gasteiger partial charge in [-0.05, 0) is 42.8 Å². The van der Waals surface area contributed by atoms with Crippen LogP contribution in [0.3, 0.4) is 0 Å². The Hall–Kier alpha value is -2.01. The highest BCUT2D eigenvalue weighted by atomic mass is 35.5. The number of benzene rings is 2. The van der Waals surface area contributed by atoms with Gasteiger partial charge in [-0.25, -0.2) is 4.79 Å². The van der Waals surface area contributed by atoms with E-state index in [1.165, 1.54) is 12.1 Å². The number of hydrogen-bond acceptors (Lipinski definition) is 3. The molecule has 122 valence electrons. The molecule has 0 aliphatic rings. The number of amides is 1. The highest BCUT2D eigenvalue weighted by molar-refractivity contribution is 6.38. The van der Waals surface area contributed by atoms with Gasteiger partial charge in [0.15, 0.2) is 5.58 Å². The SMILES string of the molecule is Cc1ccc(NC(=O)c2cc3cc(Cl)cc(Cl)c3oc2=O)cc1Cl. The van der Waals surface area contributed by atoms with Gasteiger partial charge in [0, 0.05) is 21.1 Å². The number of carbonyl (C=O) groups excluding carboxylic acids is 1. The average molecular weight is 383 g/mol. The molecule has 1 amide bonds. The van der Waals surface area contributed by atoms with E-state index in [0.717, 1.165) is 5.56 Å². The van der Waals surface area contributed by atoms with E-state index in [2.05, 4.69) is 5.32 Å². The maximum absolute atomic E-state index is 12.4. The van der Waals surface area contributed by atoms with Crippen molar-refractivity contribution < 1.29 is 9.21 Å². The van der Waals surface area contributed by atoms with E-state index < -0.39 is 11.5 Å². The number of rotatable bonds is 2. The zero-order valence-electron chi connectivity index (χ0n) is 12.3. The summed E-state index contributed by atoms with van der Waals surface area (Å²) in [5.74, 6) is -0.610. The van der Waals surface area contributed by atoms with Crippen LogP contribution in [0.25, 0.3) is 11.0 Å². The Morgan fingerprint density at radius 2 is 1.79 bits per heavy atom. The average Bonchev–Trinajstić information content (AvgIpc) is 2.51. The van der Waals surface area contributed by atoms with Crippen LogP contribution in [-0.2, 0) is 0 Å². The zero-order chi connectivity index (χ0) is 17.4. The summed E-state index contributed by atoms with van der Waals surface area (Å²) in [7, 11) is 0. The molecule has 0 radical (unpaired) electrons. The molecule has 1 N–H and O–H groups in total. The minimum atomic E-state index is -0.789. The van der Waals surface area contributed by atoms with Gasteiger partial charge >= 0.3 is 5.63 Å². The van der Waals surface area contributed by atoms with Crippen LogP contribution in [-0.4, -0.2) is 5.91 Å². The van der Waals surface area contributed by atoms with E-state index >= 15 is 0 Å². The van der Waals surface area contributed by atoms with Crippen molar-refractivity contribution in [3.8, 4) is 0 Å². The zero-order valence-corrected chi connectivity index (χ0v) is 14.6. The lowest BCUT2D eigenvalue weighted by atomic mass is 10.1. The first kappa shape index (κ1) is 16.8. The highest BCUT2D eigenvalue weighted by Crippen LogP contribution is 2.27.